The number of aliphatic hydroxyl groups is 1. The van der Waals surface area contributed by atoms with Gasteiger partial charge in [-0.2, -0.15) is 0 Å². The Bertz CT molecular complexity index is 305. The minimum Gasteiger partial charge on any atom is -0.394 e. The molecule has 1 aromatic heterocycles. The number of pyridine rings is 1. The fraction of sp³-hybridized carbons (Fsp3) is 0.545. The number of nitrogens with one attached hydrogen (secondary N) is 1. The minimum atomic E-state index is -0.321. The highest BCUT2D eigenvalue weighted by Gasteiger charge is 2.25. The van der Waals surface area contributed by atoms with Crippen molar-refractivity contribution in [3.8, 4) is 0 Å². The van der Waals surface area contributed by atoms with Gasteiger partial charge in [0.05, 0.1) is 17.2 Å². The highest BCUT2D eigenvalue weighted by molar-refractivity contribution is 6.32. The lowest BCUT2D eigenvalue weighted by Crippen LogP contribution is -2.41. The molecule has 0 atom stereocenters. The first-order chi connectivity index (χ1) is 7.17. The van der Waals surface area contributed by atoms with Gasteiger partial charge in [-0.1, -0.05) is 25.4 Å². The lowest BCUT2D eigenvalue weighted by Gasteiger charge is -2.31. The number of aromatic nitrogens is 1. The molecular formula is C11H17ClN2O. The molecule has 3 nitrogen and oxygen atoms in total. The molecule has 0 saturated heterocycles. The van der Waals surface area contributed by atoms with Crippen molar-refractivity contribution in [2.75, 3.05) is 11.9 Å². The molecule has 0 radical (unpaired) electrons. The van der Waals surface area contributed by atoms with Crippen LogP contribution in [0.15, 0.2) is 18.3 Å². The van der Waals surface area contributed by atoms with E-state index in [1.165, 1.54) is 0 Å². The molecule has 84 valence electrons. The van der Waals surface area contributed by atoms with Gasteiger partial charge in [-0.25, -0.2) is 4.98 Å². The predicted octanol–water partition coefficient (Wildman–Crippen LogP) is 2.70. The Morgan fingerprint density at radius 1 is 1.47 bits per heavy atom. The van der Waals surface area contributed by atoms with Crippen molar-refractivity contribution in [2.24, 2.45) is 0 Å². The molecule has 0 saturated carbocycles. The Kier molecular flexibility index (Phi) is 4.36. The molecule has 0 spiro atoms. The summed E-state index contributed by atoms with van der Waals surface area (Å²) in [4.78, 5) is 4.15. The van der Waals surface area contributed by atoms with Crippen LogP contribution in [0.1, 0.15) is 26.7 Å². The topological polar surface area (TPSA) is 45.1 Å². The monoisotopic (exact) mass is 228 g/mol. The second kappa shape index (κ2) is 5.33. The maximum Gasteiger partial charge on any atom is 0.145 e. The predicted molar refractivity (Wildman–Crippen MR) is 63.3 cm³/mol. The highest BCUT2D eigenvalue weighted by Crippen LogP contribution is 2.25. The third-order valence-electron chi connectivity index (χ3n) is 2.80. The van der Waals surface area contributed by atoms with Crippen molar-refractivity contribution < 1.29 is 5.11 Å². The van der Waals surface area contributed by atoms with E-state index in [-0.39, 0.29) is 12.1 Å². The molecule has 4 heteroatoms. The van der Waals surface area contributed by atoms with E-state index in [9.17, 15) is 5.11 Å². The van der Waals surface area contributed by atoms with E-state index in [2.05, 4.69) is 10.3 Å². The molecule has 0 aromatic carbocycles. The quantitative estimate of drug-likeness (QED) is 0.815. The Morgan fingerprint density at radius 3 is 2.60 bits per heavy atom. The SMILES string of the molecule is CCC(CC)(CO)Nc1ncccc1Cl. The molecule has 0 bridgehead atoms. The second-order valence-electron chi connectivity index (χ2n) is 3.60. The Labute approximate surface area is 95.5 Å². The van der Waals surface area contributed by atoms with Crippen LogP contribution in [0.2, 0.25) is 5.02 Å². The van der Waals surface area contributed by atoms with Crippen LogP contribution in [0, 0.1) is 0 Å². The molecule has 0 aliphatic carbocycles. The summed E-state index contributed by atoms with van der Waals surface area (Å²) >= 11 is 5.99. The zero-order valence-electron chi connectivity index (χ0n) is 9.13. The second-order valence-corrected chi connectivity index (χ2v) is 4.01. The van der Waals surface area contributed by atoms with Crippen LogP contribution >= 0.6 is 11.6 Å². The molecule has 1 rings (SSSR count). The van der Waals surface area contributed by atoms with Crippen LogP contribution in [-0.4, -0.2) is 22.2 Å². The number of halogens is 1. The van der Waals surface area contributed by atoms with E-state index < -0.39 is 0 Å². The summed E-state index contributed by atoms with van der Waals surface area (Å²) in [5.41, 5.74) is -0.321. The number of rotatable bonds is 5. The Balaban J connectivity index is 2.88. The van der Waals surface area contributed by atoms with E-state index in [4.69, 9.17) is 11.6 Å². The summed E-state index contributed by atoms with van der Waals surface area (Å²) in [6.07, 6.45) is 3.33. The smallest absolute Gasteiger partial charge is 0.145 e. The van der Waals surface area contributed by atoms with Crippen LogP contribution in [0.5, 0.6) is 0 Å². The first-order valence-electron chi connectivity index (χ1n) is 5.17. The summed E-state index contributed by atoms with van der Waals surface area (Å²) in [7, 11) is 0. The Hall–Kier alpha value is -0.800. The average molecular weight is 229 g/mol. The maximum atomic E-state index is 9.40. The highest BCUT2D eigenvalue weighted by atomic mass is 35.5. The number of anilines is 1. The van der Waals surface area contributed by atoms with Gasteiger partial charge in [-0.05, 0) is 25.0 Å². The van der Waals surface area contributed by atoms with Gasteiger partial charge in [0.25, 0.3) is 0 Å². The van der Waals surface area contributed by atoms with Crippen molar-refractivity contribution in [3.63, 3.8) is 0 Å². The zero-order chi connectivity index (χ0) is 11.3. The van der Waals surface area contributed by atoms with Crippen LogP contribution in [0.4, 0.5) is 5.82 Å². The van der Waals surface area contributed by atoms with Crippen LogP contribution < -0.4 is 5.32 Å². The fourth-order valence-electron chi connectivity index (χ4n) is 1.42. The van der Waals surface area contributed by atoms with Gasteiger partial charge >= 0.3 is 0 Å². The van der Waals surface area contributed by atoms with Gasteiger partial charge in [0.1, 0.15) is 5.82 Å². The van der Waals surface area contributed by atoms with Gasteiger partial charge < -0.3 is 10.4 Å². The van der Waals surface area contributed by atoms with Crippen LogP contribution in [0.25, 0.3) is 0 Å². The summed E-state index contributed by atoms with van der Waals surface area (Å²) in [5, 5.41) is 13.2. The number of nitrogens with zero attached hydrogens (tertiary/aromatic N) is 1. The van der Waals surface area contributed by atoms with Gasteiger partial charge in [0.15, 0.2) is 0 Å². The summed E-state index contributed by atoms with van der Waals surface area (Å²) < 4.78 is 0. The van der Waals surface area contributed by atoms with Crippen molar-refractivity contribution in [3.05, 3.63) is 23.4 Å². The van der Waals surface area contributed by atoms with E-state index >= 15 is 0 Å². The Morgan fingerprint density at radius 2 is 2.13 bits per heavy atom. The molecule has 0 unspecified atom stereocenters. The molecule has 2 N–H and O–H groups in total. The first kappa shape index (κ1) is 12.3. The molecule has 0 fully saturated rings. The van der Waals surface area contributed by atoms with E-state index in [0.717, 1.165) is 12.8 Å². The zero-order valence-corrected chi connectivity index (χ0v) is 9.88. The van der Waals surface area contributed by atoms with Gasteiger partial charge in [0, 0.05) is 6.20 Å². The van der Waals surface area contributed by atoms with Gasteiger partial charge in [-0.3, -0.25) is 0 Å². The average Bonchev–Trinajstić information content (AvgIpc) is 2.29. The van der Waals surface area contributed by atoms with Gasteiger partial charge in [0.2, 0.25) is 0 Å². The van der Waals surface area contributed by atoms with E-state index in [1.807, 2.05) is 13.8 Å². The van der Waals surface area contributed by atoms with Crippen molar-refractivity contribution in [2.45, 2.75) is 32.2 Å². The maximum absolute atomic E-state index is 9.40. The number of hydrogen-bond acceptors (Lipinski definition) is 3. The molecule has 1 aromatic rings. The summed E-state index contributed by atoms with van der Waals surface area (Å²) in [5.74, 6) is 0.636. The third-order valence-corrected chi connectivity index (χ3v) is 3.10. The molecule has 15 heavy (non-hydrogen) atoms. The summed E-state index contributed by atoms with van der Waals surface area (Å²) in [6.45, 7) is 4.14. The number of hydrogen-bond donors (Lipinski definition) is 2. The summed E-state index contributed by atoms with van der Waals surface area (Å²) in [6, 6.07) is 3.57. The molecular weight excluding hydrogens is 212 g/mol. The molecule has 1 heterocycles. The molecule has 0 aliphatic rings. The van der Waals surface area contributed by atoms with E-state index in [1.54, 1.807) is 18.3 Å². The lowest BCUT2D eigenvalue weighted by atomic mass is 9.94. The standard InChI is InChI=1S/C11H17ClN2O/c1-3-11(4-2,8-15)14-10-9(12)6-5-7-13-10/h5-7,15H,3-4,8H2,1-2H3,(H,13,14). The van der Waals surface area contributed by atoms with Crippen molar-refractivity contribution in [1.82, 2.24) is 4.98 Å². The molecule has 0 aliphatic heterocycles. The fourth-order valence-corrected chi connectivity index (χ4v) is 1.59. The van der Waals surface area contributed by atoms with Crippen LogP contribution in [0.3, 0.4) is 0 Å². The first-order valence-corrected chi connectivity index (χ1v) is 5.55. The normalized spacial score (nSPS) is 11.5. The lowest BCUT2D eigenvalue weighted by molar-refractivity contribution is 0.202. The third kappa shape index (κ3) is 2.83. The van der Waals surface area contributed by atoms with E-state index in [0.29, 0.717) is 10.8 Å². The van der Waals surface area contributed by atoms with Crippen LogP contribution in [-0.2, 0) is 0 Å². The minimum absolute atomic E-state index is 0.0763. The molecule has 0 amide bonds. The largest absolute Gasteiger partial charge is 0.394 e. The van der Waals surface area contributed by atoms with Crippen molar-refractivity contribution in [1.29, 1.82) is 0 Å². The van der Waals surface area contributed by atoms with Gasteiger partial charge in [-0.15, -0.1) is 0 Å². The number of aliphatic hydroxyl groups excluding tert-OH is 1. The van der Waals surface area contributed by atoms with Crippen molar-refractivity contribution >= 4 is 17.4 Å².